The molecule has 23 heavy (non-hydrogen) atoms. The summed E-state index contributed by atoms with van der Waals surface area (Å²) in [7, 11) is 0. The third-order valence-corrected chi connectivity index (χ3v) is 3.97. The van der Waals surface area contributed by atoms with E-state index in [4.69, 9.17) is 10.5 Å². The lowest BCUT2D eigenvalue weighted by Crippen LogP contribution is -2.27. The maximum Gasteiger partial charge on any atom is 0.343 e. The van der Waals surface area contributed by atoms with Gasteiger partial charge in [-0.05, 0) is 25.0 Å². The average Bonchev–Trinajstić information content (AvgIpc) is 2.53. The first-order valence-electron chi connectivity index (χ1n) is 8.89. The summed E-state index contributed by atoms with van der Waals surface area (Å²) in [5.41, 5.74) is 6.00. The number of carbonyl (C=O) groups excluding carboxylic acids is 1. The van der Waals surface area contributed by atoms with E-state index in [1.54, 1.807) is 12.1 Å². The summed E-state index contributed by atoms with van der Waals surface area (Å²) in [5, 5.41) is 9.60. The highest BCUT2D eigenvalue weighted by Crippen LogP contribution is 2.18. The minimum Gasteiger partial charge on any atom is -0.507 e. The zero-order chi connectivity index (χ0) is 16.9. The quantitative estimate of drug-likeness (QED) is 0.331. The second kappa shape index (κ2) is 11.9. The number of hydrogen-bond donors (Lipinski definition) is 2. The van der Waals surface area contributed by atoms with Crippen LogP contribution >= 0.6 is 0 Å². The van der Waals surface area contributed by atoms with Gasteiger partial charge in [-0.2, -0.15) is 0 Å². The highest BCUT2D eigenvalue weighted by Gasteiger charge is 2.15. The van der Waals surface area contributed by atoms with Crippen LogP contribution in [-0.4, -0.2) is 17.3 Å². The topological polar surface area (TPSA) is 72.5 Å². The number of phenolic OH excluding ortho intramolecular Hbond substituents is 1. The van der Waals surface area contributed by atoms with Gasteiger partial charge in [-0.1, -0.05) is 70.4 Å². The summed E-state index contributed by atoms with van der Waals surface area (Å²) in [5.74, 6) is -0.640. The van der Waals surface area contributed by atoms with Crippen molar-refractivity contribution in [3.05, 3.63) is 29.8 Å². The molecule has 0 saturated carbocycles. The summed E-state index contributed by atoms with van der Waals surface area (Å²) >= 11 is 0. The van der Waals surface area contributed by atoms with Gasteiger partial charge in [-0.25, -0.2) is 4.79 Å². The van der Waals surface area contributed by atoms with Crippen LogP contribution in [0.15, 0.2) is 24.3 Å². The number of aromatic hydroxyl groups is 1. The molecule has 0 saturated heterocycles. The number of para-hydroxylation sites is 1. The molecule has 0 bridgehead atoms. The molecule has 0 amide bonds. The van der Waals surface area contributed by atoms with E-state index in [-0.39, 0.29) is 11.3 Å². The lowest BCUT2D eigenvalue weighted by Gasteiger charge is -2.13. The maximum atomic E-state index is 11.9. The van der Waals surface area contributed by atoms with Crippen LogP contribution in [0, 0.1) is 0 Å². The predicted molar refractivity (Wildman–Crippen MR) is 93.3 cm³/mol. The second-order valence-corrected chi connectivity index (χ2v) is 6.08. The van der Waals surface area contributed by atoms with Crippen molar-refractivity contribution in [2.75, 3.05) is 0 Å². The van der Waals surface area contributed by atoms with Gasteiger partial charge in [0.05, 0.1) is 0 Å². The van der Waals surface area contributed by atoms with Crippen LogP contribution in [-0.2, 0) is 4.74 Å². The third kappa shape index (κ3) is 8.60. The number of esters is 1. The van der Waals surface area contributed by atoms with Gasteiger partial charge in [0.15, 0.2) is 6.23 Å². The van der Waals surface area contributed by atoms with Crippen molar-refractivity contribution in [1.82, 2.24) is 0 Å². The van der Waals surface area contributed by atoms with E-state index in [0.717, 1.165) is 12.8 Å². The number of hydrogen-bond acceptors (Lipinski definition) is 4. The molecule has 1 unspecified atom stereocenters. The molecule has 4 nitrogen and oxygen atoms in total. The van der Waals surface area contributed by atoms with Gasteiger partial charge in [0.1, 0.15) is 11.3 Å². The molecule has 1 aromatic rings. The van der Waals surface area contributed by atoms with Crippen LogP contribution < -0.4 is 5.73 Å². The number of carbonyl (C=O) groups is 1. The first kappa shape index (κ1) is 19.5. The van der Waals surface area contributed by atoms with Crippen LogP contribution in [0.2, 0.25) is 0 Å². The van der Waals surface area contributed by atoms with Gasteiger partial charge in [-0.3, -0.25) is 5.73 Å². The predicted octanol–water partition coefficient (Wildman–Crippen LogP) is 4.75. The smallest absolute Gasteiger partial charge is 0.343 e. The molecule has 0 spiro atoms. The van der Waals surface area contributed by atoms with E-state index < -0.39 is 12.2 Å². The van der Waals surface area contributed by atoms with Crippen molar-refractivity contribution in [1.29, 1.82) is 0 Å². The Morgan fingerprint density at radius 1 is 1.04 bits per heavy atom. The van der Waals surface area contributed by atoms with Gasteiger partial charge >= 0.3 is 5.97 Å². The molecule has 0 heterocycles. The fraction of sp³-hybridized carbons (Fsp3) is 0.632. The number of phenols is 1. The molecule has 1 atom stereocenters. The maximum absolute atomic E-state index is 11.9. The zero-order valence-electron chi connectivity index (χ0n) is 14.3. The molecule has 1 rings (SSSR count). The fourth-order valence-electron chi connectivity index (χ4n) is 2.56. The van der Waals surface area contributed by atoms with Crippen molar-refractivity contribution >= 4 is 5.97 Å². The number of rotatable bonds is 12. The monoisotopic (exact) mass is 321 g/mol. The summed E-state index contributed by atoms with van der Waals surface area (Å²) in [6.45, 7) is 2.23. The Morgan fingerprint density at radius 2 is 1.61 bits per heavy atom. The minimum atomic E-state index is -0.605. The Hall–Kier alpha value is -1.55. The molecule has 1 aromatic carbocycles. The molecule has 0 aliphatic carbocycles. The van der Waals surface area contributed by atoms with Crippen molar-refractivity contribution in [3.63, 3.8) is 0 Å². The second-order valence-electron chi connectivity index (χ2n) is 6.08. The van der Waals surface area contributed by atoms with E-state index in [1.807, 2.05) is 0 Å². The molecule has 0 aliphatic heterocycles. The Morgan fingerprint density at radius 3 is 2.22 bits per heavy atom. The van der Waals surface area contributed by atoms with E-state index in [2.05, 4.69) is 6.92 Å². The van der Waals surface area contributed by atoms with Gasteiger partial charge in [-0.15, -0.1) is 0 Å². The zero-order valence-corrected chi connectivity index (χ0v) is 14.3. The first-order chi connectivity index (χ1) is 11.1. The Kier molecular flexibility index (Phi) is 10.1. The van der Waals surface area contributed by atoms with Gasteiger partial charge in [0.2, 0.25) is 0 Å². The molecule has 3 N–H and O–H groups in total. The van der Waals surface area contributed by atoms with E-state index in [9.17, 15) is 9.90 Å². The number of benzene rings is 1. The van der Waals surface area contributed by atoms with Crippen molar-refractivity contribution < 1.29 is 14.6 Å². The molecule has 0 radical (unpaired) electrons. The minimum absolute atomic E-state index is 0.0761. The number of unbranched alkanes of at least 4 members (excludes halogenated alkanes) is 8. The van der Waals surface area contributed by atoms with E-state index >= 15 is 0 Å². The van der Waals surface area contributed by atoms with Crippen molar-refractivity contribution in [2.45, 2.75) is 77.4 Å². The van der Waals surface area contributed by atoms with E-state index in [0.29, 0.717) is 6.42 Å². The van der Waals surface area contributed by atoms with Gasteiger partial charge < -0.3 is 9.84 Å². The lowest BCUT2D eigenvalue weighted by molar-refractivity contribution is 0.0289. The Labute approximate surface area is 140 Å². The fourth-order valence-corrected chi connectivity index (χ4v) is 2.56. The SMILES string of the molecule is CCCCCCCCCCCC(N)OC(=O)c1ccccc1O. The molecular formula is C19H31NO3. The summed E-state index contributed by atoms with van der Waals surface area (Å²) < 4.78 is 5.17. The Bertz CT molecular complexity index is 448. The van der Waals surface area contributed by atoms with Crippen LogP contribution in [0.5, 0.6) is 5.75 Å². The molecular weight excluding hydrogens is 290 g/mol. The Balaban J connectivity index is 2.07. The molecule has 130 valence electrons. The molecule has 0 fully saturated rings. The first-order valence-corrected chi connectivity index (χ1v) is 8.89. The summed E-state index contributed by atoms with van der Waals surface area (Å²) in [4.78, 5) is 11.9. The summed E-state index contributed by atoms with van der Waals surface area (Å²) in [6.07, 6.45) is 11.3. The number of ether oxygens (including phenoxy) is 1. The molecule has 4 heteroatoms. The van der Waals surface area contributed by atoms with Crippen LogP contribution in [0.4, 0.5) is 0 Å². The highest BCUT2D eigenvalue weighted by molar-refractivity contribution is 5.92. The number of nitrogens with two attached hydrogens (primary N) is 1. The average molecular weight is 321 g/mol. The standard InChI is InChI=1S/C19H31NO3/c1-2-3-4-5-6-7-8-9-10-15-18(20)23-19(22)16-13-11-12-14-17(16)21/h11-14,18,21H,2-10,15,20H2,1H3. The van der Waals surface area contributed by atoms with Crippen molar-refractivity contribution in [2.24, 2.45) is 5.73 Å². The summed E-state index contributed by atoms with van der Waals surface area (Å²) in [6, 6.07) is 6.34. The van der Waals surface area contributed by atoms with Gasteiger partial charge in [0.25, 0.3) is 0 Å². The third-order valence-electron chi connectivity index (χ3n) is 3.97. The lowest BCUT2D eigenvalue weighted by atomic mass is 10.1. The largest absolute Gasteiger partial charge is 0.507 e. The molecule has 0 aromatic heterocycles. The molecule has 0 aliphatic rings. The van der Waals surface area contributed by atoms with Crippen LogP contribution in [0.25, 0.3) is 0 Å². The highest BCUT2D eigenvalue weighted by atomic mass is 16.6. The van der Waals surface area contributed by atoms with Gasteiger partial charge in [0, 0.05) is 0 Å². The normalized spacial score (nSPS) is 12.1. The van der Waals surface area contributed by atoms with Crippen LogP contribution in [0.1, 0.15) is 81.5 Å². The van der Waals surface area contributed by atoms with Crippen LogP contribution in [0.3, 0.4) is 0 Å². The van der Waals surface area contributed by atoms with E-state index in [1.165, 1.54) is 57.1 Å². The van der Waals surface area contributed by atoms with Crippen molar-refractivity contribution in [3.8, 4) is 5.75 Å².